The van der Waals surface area contributed by atoms with E-state index < -0.39 is 12.2 Å². The molecule has 1 fully saturated rings. The van der Waals surface area contributed by atoms with Crippen LogP contribution in [0.25, 0.3) is 0 Å². The summed E-state index contributed by atoms with van der Waals surface area (Å²) in [5.74, 6) is -0.233. The lowest BCUT2D eigenvalue weighted by Crippen LogP contribution is -2.37. The van der Waals surface area contributed by atoms with Crippen LogP contribution in [0.4, 0.5) is 16.2 Å². The number of ether oxygens (including phenoxy) is 1. The standard InChI is InChI=1S/C18H18ClN5O3S.ClH/c19-16-6-5-15(28-16)17(25)20-9-12-10-24(18(26)27-12)14-4-2-1-3-13(14)23-8-7-21-22-11-23;/h1-6,11-12,21H,7-10H2,(H,20,25);1H/t12-;/m0./s1. The van der Waals surface area contributed by atoms with Crippen molar-refractivity contribution in [2.45, 2.75) is 6.10 Å². The number of anilines is 2. The first-order valence-corrected chi connectivity index (χ1v) is 9.94. The van der Waals surface area contributed by atoms with Crippen LogP contribution in [0.15, 0.2) is 41.5 Å². The van der Waals surface area contributed by atoms with Crippen molar-refractivity contribution in [3.05, 3.63) is 45.6 Å². The summed E-state index contributed by atoms with van der Waals surface area (Å²) in [6.45, 7) is 2.04. The van der Waals surface area contributed by atoms with E-state index >= 15 is 0 Å². The van der Waals surface area contributed by atoms with Gasteiger partial charge in [-0.25, -0.2) is 4.79 Å². The van der Waals surface area contributed by atoms with Crippen LogP contribution in [0.1, 0.15) is 9.67 Å². The second-order valence-corrected chi connectivity index (χ2v) is 7.98. The van der Waals surface area contributed by atoms with Gasteiger partial charge in [-0.15, -0.1) is 23.7 Å². The van der Waals surface area contributed by atoms with Gasteiger partial charge in [-0.3, -0.25) is 9.69 Å². The average Bonchev–Trinajstić information content (AvgIpc) is 3.32. The van der Waals surface area contributed by atoms with Crippen molar-refractivity contribution in [3.8, 4) is 0 Å². The number of amides is 2. The highest BCUT2D eigenvalue weighted by Crippen LogP contribution is 2.32. The summed E-state index contributed by atoms with van der Waals surface area (Å²) in [5.41, 5.74) is 4.53. The topological polar surface area (TPSA) is 86.3 Å². The van der Waals surface area contributed by atoms with Crippen LogP contribution in [0.3, 0.4) is 0 Å². The van der Waals surface area contributed by atoms with E-state index in [1.807, 2.05) is 29.2 Å². The van der Waals surface area contributed by atoms with Gasteiger partial charge in [0.25, 0.3) is 5.91 Å². The van der Waals surface area contributed by atoms with Gasteiger partial charge in [0.05, 0.1) is 40.2 Å². The molecule has 0 radical (unpaired) electrons. The lowest BCUT2D eigenvalue weighted by Gasteiger charge is -2.27. The predicted octanol–water partition coefficient (Wildman–Crippen LogP) is 2.93. The first-order valence-electron chi connectivity index (χ1n) is 8.75. The third-order valence-corrected chi connectivity index (χ3v) is 5.63. The summed E-state index contributed by atoms with van der Waals surface area (Å²) >= 11 is 7.07. The smallest absolute Gasteiger partial charge is 0.414 e. The number of thiophene rings is 1. The highest BCUT2D eigenvalue weighted by molar-refractivity contribution is 7.18. The summed E-state index contributed by atoms with van der Waals surface area (Å²) in [6, 6.07) is 11.0. The molecule has 2 aliphatic rings. The van der Waals surface area contributed by atoms with Crippen LogP contribution in [-0.2, 0) is 4.74 Å². The van der Waals surface area contributed by atoms with Crippen LogP contribution >= 0.6 is 35.3 Å². The molecular weight excluding hydrogens is 437 g/mol. The third kappa shape index (κ3) is 4.75. The molecule has 0 saturated carbocycles. The fraction of sp³-hybridized carbons (Fsp3) is 0.278. The number of hydrazone groups is 1. The van der Waals surface area contributed by atoms with Crippen molar-refractivity contribution in [2.24, 2.45) is 5.10 Å². The number of carbonyl (C=O) groups is 2. The zero-order chi connectivity index (χ0) is 19.5. The molecule has 11 heteroatoms. The van der Waals surface area contributed by atoms with Crippen molar-refractivity contribution < 1.29 is 14.3 Å². The van der Waals surface area contributed by atoms with E-state index in [1.54, 1.807) is 23.4 Å². The van der Waals surface area contributed by atoms with Crippen molar-refractivity contribution in [3.63, 3.8) is 0 Å². The van der Waals surface area contributed by atoms with E-state index in [2.05, 4.69) is 15.8 Å². The van der Waals surface area contributed by atoms with Crippen molar-refractivity contribution >= 4 is 65.1 Å². The fourth-order valence-corrected chi connectivity index (χ4v) is 4.04. The normalized spacial score (nSPS) is 18.1. The van der Waals surface area contributed by atoms with Crippen LogP contribution in [-0.4, -0.2) is 50.6 Å². The van der Waals surface area contributed by atoms with E-state index in [0.717, 1.165) is 24.5 Å². The largest absolute Gasteiger partial charge is 0.442 e. The molecule has 2 amide bonds. The molecule has 1 saturated heterocycles. The fourth-order valence-electron chi connectivity index (χ4n) is 3.08. The Morgan fingerprint density at radius 1 is 1.31 bits per heavy atom. The Morgan fingerprint density at radius 2 is 2.10 bits per heavy atom. The van der Waals surface area contributed by atoms with Gasteiger partial charge in [-0.2, -0.15) is 5.10 Å². The quantitative estimate of drug-likeness (QED) is 0.723. The Morgan fingerprint density at radius 3 is 2.79 bits per heavy atom. The lowest BCUT2D eigenvalue weighted by atomic mass is 10.2. The SMILES string of the molecule is Cl.O=C(NC[C@H]1CN(c2ccccc2N2C=NNCC2)C(=O)O1)c1ccc(Cl)s1. The number of benzene rings is 1. The highest BCUT2D eigenvalue weighted by Gasteiger charge is 2.34. The number of cyclic esters (lactones) is 1. The predicted molar refractivity (Wildman–Crippen MR) is 117 cm³/mol. The average molecular weight is 456 g/mol. The Labute approximate surface area is 182 Å². The monoisotopic (exact) mass is 455 g/mol. The molecule has 2 aromatic rings. The summed E-state index contributed by atoms with van der Waals surface area (Å²) < 4.78 is 6.00. The maximum Gasteiger partial charge on any atom is 0.414 e. The molecule has 2 aliphatic heterocycles. The van der Waals surface area contributed by atoms with E-state index in [9.17, 15) is 9.59 Å². The van der Waals surface area contributed by atoms with Gasteiger partial charge in [-0.1, -0.05) is 23.7 Å². The highest BCUT2D eigenvalue weighted by atomic mass is 35.5. The molecule has 29 heavy (non-hydrogen) atoms. The van der Waals surface area contributed by atoms with Crippen LogP contribution in [0, 0.1) is 0 Å². The number of nitrogens with one attached hydrogen (secondary N) is 2. The van der Waals surface area contributed by atoms with Gasteiger partial charge in [0.15, 0.2) is 0 Å². The molecule has 0 spiro atoms. The van der Waals surface area contributed by atoms with Gasteiger partial charge in [0.2, 0.25) is 0 Å². The van der Waals surface area contributed by atoms with Crippen molar-refractivity contribution in [1.29, 1.82) is 0 Å². The van der Waals surface area contributed by atoms with E-state index in [1.165, 1.54) is 11.3 Å². The van der Waals surface area contributed by atoms with Gasteiger partial charge in [-0.05, 0) is 24.3 Å². The molecule has 1 atom stereocenters. The van der Waals surface area contributed by atoms with Gasteiger partial charge in [0, 0.05) is 6.54 Å². The van der Waals surface area contributed by atoms with Gasteiger partial charge in [0.1, 0.15) is 12.4 Å². The number of hydrogen-bond donors (Lipinski definition) is 2. The molecule has 2 N–H and O–H groups in total. The molecule has 3 heterocycles. The molecular formula is C18H19Cl2N5O3S. The number of halogens is 2. The summed E-state index contributed by atoms with van der Waals surface area (Å²) in [7, 11) is 0. The van der Waals surface area contributed by atoms with Crippen LogP contribution < -0.4 is 20.5 Å². The Hall–Kier alpha value is -2.49. The van der Waals surface area contributed by atoms with Gasteiger partial charge >= 0.3 is 6.09 Å². The van der Waals surface area contributed by atoms with Crippen molar-refractivity contribution in [1.82, 2.24) is 10.7 Å². The molecule has 4 rings (SSSR count). The maximum absolute atomic E-state index is 12.4. The van der Waals surface area contributed by atoms with Crippen molar-refractivity contribution in [2.75, 3.05) is 36.0 Å². The van der Waals surface area contributed by atoms with E-state index in [0.29, 0.717) is 15.8 Å². The second kappa shape index (κ2) is 9.34. The molecule has 0 bridgehead atoms. The number of rotatable bonds is 5. The zero-order valence-electron chi connectivity index (χ0n) is 15.2. The molecule has 0 aliphatic carbocycles. The number of para-hydroxylation sites is 2. The molecule has 154 valence electrons. The molecule has 8 nitrogen and oxygen atoms in total. The minimum Gasteiger partial charge on any atom is -0.442 e. The minimum atomic E-state index is -0.434. The zero-order valence-corrected chi connectivity index (χ0v) is 17.6. The van der Waals surface area contributed by atoms with E-state index in [4.69, 9.17) is 16.3 Å². The Balaban J connectivity index is 0.00000240. The number of hydrogen-bond acceptors (Lipinski definition) is 7. The Kier molecular flexibility index (Phi) is 6.83. The minimum absolute atomic E-state index is 0. The van der Waals surface area contributed by atoms with E-state index in [-0.39, 0.29) is 24.9 Å². The van der Waals surface area contributed by atoms with Crippen LogP contribution in [0.5, 0.6) is 0 Å². The Bertz CT molecular complexity index is 922. The summed E-state index contributed by atoms with van der Waals surface area (Å²) in [5, 5.41) is 6.87. The molecule has 0 unspecified atom stereocenters. The second-order valence-electron chi connectivity index (χ2n) is 6.26. The number of carbonyl (C=O) groups excluding carboxylic acids is 2. The number of nitrogens with zero attached hydrogens (tertiary/aromatic N) is 3. The van der Waals surface area contributed by atoms with Crippen LogP contribution in [0.2, 0.25) is 4.34 Å². The summed E-state index contributed by atoms with van der Waals surface area (Å²) in [6.07, 6.45) is 0.836. The molecule has 1 aromatic carbocycles. The van der Waals surface area contributed by atoms with Gasteiger partial charge < -0.3 is 20.4 Å². The summed E-state index contributed by atoms with van der Waals surface area (Å²) in [4.78, 5) is 28.7. The lowest BCUT2D eigenvalue weighted by molar-refractivity contribution is 0.0920. The first kappa shape index (κ1) is 21.2. The first-order chi connectivity index (χ1) is 13.6. The third-order valence-electron chi connectivity index (χ3n) is 4.40. The maximum atomic E-state index is 12.4. The molecule has 1 aromatic heterocycles.